The summed E-state index contributed by atoms with van der Waals surface area (Å²) in [5.74, 6) is 1.96. The summed E-state index contributed by atoms with van der Waals surface area (Å²) < 4.78 is 6.32. The predicted octanol–water partition coefficient (Wildman–Crippen LogP) is 1.76. The van der Waals surface area contributed by atoms with E-state index in [1.807, 2.05) is 18.7 Å². The van der Waals surface area contributed by atoms with Gasteiger partial charge in [-0.2, -0.15) is 4.37 Å². The zero-order valence-electron chi connectivity index (χ0n) is 8.80. The molecule has 0 unspecified atom stereocenters. The highest BCUT2D eigenvalue weighted by molar-refractivity contribution is 7.99. The maximum atomic E-state index is 4.53. The quantitative estimate of drug-likeness (QED) is 0.903. The van der Waals surface area contributed by atoms with E-state index >= 15 is 0 Å². The fraction of sp³-hybridized carbons (Fsp3) is 0.444. The lowest BCUT2D eigenvalue weighted by Gasteiger charge is -1.97. The fourth-order valence-corrected chi connectivity index (χ4v) is 3.11. The van der Waals surface area contributed by atoms with Crippen molar-refractivity contribution in [2.24, 2.45) is 0 Å². The molecule has 0 aromatic carbocycles. The first kappa shape index (κ1) is 10.1. The fourth-order valence-electron chi connectivity index (χ4n) is 1.58. The molecule has 0 atom stereocenters. The van der Waals surface area contributed by atoms with Gasteiger partial charge >= 0.3 is 0 Å². The second kappa shape index (κ2) is 4.06. The Morgan fingerprint density at radius 1 is 1.50 bits per heavy atom. The summed E-state index contributed by atoms with van der Waals surface area (Å²) in [6.07, 6.45) is 2.11. The largest absolute Gasteiger partial charge is 0.355 e. The molecular weight excluding hydrogens is 242 g/mol. The van der Waals surface area contributed by atoms with E-state index in [-0.39, 0.29) is 0 Å². The van der Waals surface area contributed by atoms with Crippen LogP contribution in [0.4, 0.5) is 5.13 Å². The van der Waals surface area contributed by atoms with Gasteiger partial charge in [0.1, 0.15) is 5.82 Å². The van der Waals surface area contributed by atoms with Gasteiger partial charge in [0, 0.05) is 30.0 Å². The number of rotatable bonds is 3. The summed E-state index contributed by atoms with van der Waals surface area (Å²) in [5, 5.41) is 5.22. The first-order valence-corrected chi connectivity index (χ1v) is 6.80. The predicted molar refractivity (Wildman–Crippen MR) is 64.9 cm³/mol. The van der Waals surface area contributed by atoms with Crippen LogP contribution in [0.15, 0.2) is 11.4 Å². The number of nitrogens with one attached hydrogen (secondary N) is 1. The van der Waals surface area contributed by atoms with Crippen LogP contribution in [0.5, 0.6) is 0 Å². The number of thioether (sulfide) groups is 1. The van der Waals surface area contributed by atoms with Crippen molar-refractivity contribution >= 4 is 28.4 Å². The third-order valence-corrected chi connectivity index (χ3v) is 4.04. The van der Waals surface area contributed by atoms with E-state index in [1.165, 1.54) is 11.5 Å². The van der Waals surface area contributed by atoms with Crippen LogP contribution in [-0.4, -0.2) is 24.7 Å². The van der Waals surface area contributed by atoms with Crippen molar-refractivity contribution in [2.45, 2.75) is 25.2 Å². The van der Waals surface area contributed by atoms with E-state index in [2.05, 4.69) is 30.4 Å². The van der Waals surface area contributed by atoms with E-state index in [1.54, 1.807) is 0 Å². The van der Waals surface area contributed by atoms with Crippen molar-refractivity contribution in [2.75, 3.05) is 11.1 Å². The van der Waals surface area contributed by atoms with Gasteiger partial charge < -0.3 is 9.88 Å². The average Bonchev–Trinajstić information content (AvgIpc) is 2.89. The molecule has 7 heteroatoms. The van der Waals surface area contributed by atoms with Gasteiger partial charge in [0.05, 0.1) is 12.2 Å². The van der Waals surface area contributed by atoms with Crippen molar-refractivity contribution in [3.8, 4) is 0 Å². The molecule has 3 heterocycles. The number of fused-ring (bicyclic) bond motifs is 1. The van der Waals surface area contributed by atoms with Gasteiger partial charge in [-0.25, -0.2) is 9.97 Å². The van der Waals surface area contributed by atoms with Crippen molar-refractivity contribution in [3.05, 3.63) is 17.7 Å². The minimum Gasteiger partial charge on any atom is -0.355 e. The second-order valence-electron chi connectivity index (χ2n) is 3.56. The molecule has 2 aromatic rings. The second-order valence-corrected chi connectivity index (χ2v) is 5.37. The van der Waals surface area contributed by atoms with E-state index in [9.17, 15) is 0 Å². The summed E-state index contributed by atoms with van der Waals surface area (Å²) >= 11 is 3.20. The Morgan fingerprint density at radius 3 is 3.19 bits per heavy atom. The first-order chi connectivity index (χ1) is 7.81. The molecule has 3 rings (SSSR count). The Bertz CT molecular complexity index is 482. The third kappa shape index (κ3) is 1.92. The Hall–Kier alpha value is -1.08. The van der Waals surface area contributed by atoms with Crippen LogP contribution >= 0.6 is 23.3 Å². The summed E-state index contributed by atoms with van der Waals surface area (Å²) in [6, 6.07) is 0. The Labute approximate surface area is 101 Å². The molecule has 0 bridgehead atoms. The molecule has 0 spiro atoms. The zero-order chi connectivity index (χ0) is 11.0. The Morgan fingerprint density at radius 2 is 2.44 bits per heavy atom. The molecule has 16 heavy (non-hydrogen) atoms. The molecule has 0 saturated carbocycles. The lowest BCUT2D eigenvalue weighted by Crippen LogP contribution is -1.99. The lowest BCUT2D eigenvalue weighted by molar-refractivity contribution is 0.719. The number of anilines is 1. The van der Waals surface area contributed by atoms with E-state index in [0.717, 1.165) is 40.6 Å². The minimum atomic E-state index is 0.717. The molecule has 1 aliphatic rings. The van der Waals surface area contributed by atoms with E-state index in [4.69, 9.17) is 0 Å². The molecular formula is C9H11N5S2. The standard InChI is InChI=1S/C9H11N5S2/c1-6-11-8(16-13-6)10-4-7-5-14-2-3-15-9(14)12-7/h5H,2-4H2,1H3,(H,10,11,13). The number of hydrogen-bond acceptors (Lipinski definition) is 6. The molecule has 84 valence electrons. The molecule has 0 amide bonds. The van der Waals surface area contributed by atoms with Crippen molar-refractivity contribution in [1.82, 2.24) is 18.9 Å². The monoisotopic (exact) mass is 253 g/mol. The van der Waals surface area contributed by atoms with Crippen LogP contribution in [0.3, 0.4) is 0 Å². The smallest absolute Gasteiger partial charge is 0.202 e. The van der Waals surface area contributed by atoms with E-state index < -0.39 is 0 Å². The van der Waals surface area contributed by atoms with Gasteiger partial charge in [0.15, 0.2) is 5.16 Å². The van der Waals surface area contributed by atoms with Crippen LogP contribution in [0.1, 0.15) is 11.5 Å². The van der Waals surface area contributed by atoms with E-state index in [0.29, 0.717) is 0 Å². The van der Waals surface area contributed by atoms with Crippen molar-refractivity contribution in [3.63, 3.8) is 0 Å². The lowest BCUT2D eigenvalue weighted by atomic mass is 10.5. The number of aromatic nitrogens is 4. The van der Waals surface area contributed by atoms with Gasteiger partial charge in [0.2, 0.25) is 5.13 Å². The summed E-state index contributed by atoms with van der Waals surface area (Å²) in [4.78, 5) is 8.78. The summed E-state index contributed by atoms with van der Waals surface area (Å²) in [5.41, 5.74) is 1.06. The Balaban J connectivity index is 1.66. The molecule has 0 saturated heterocycles. The van der Waals surface area contributed by atoms with Crippen molar-refractivity contribution < 1.29 is 0 Å². The number of hydrogen-bond donors (Lipinski definition) is 1. The van der Waals surface area contributed by atoms with Crippen LogP contribution in [-0.2, 0) is 13.1 Å². The topological polar surface area (TPSA) is 55.6 Å². The molecule has 2 aromatic heterocycles. The molecule has 5 nitrogen and oxygen atoms in total. The number of aryl methyl sites for hydroxylation is 2. The van der Waals surface area contributed by atoms with Gasteiger partial charge in [-0.1, -0.05) is 11.8 Å². The summed E-state index contributed by atoms with van der Waals surface area (Å²) in [7, 11) is 0. The first-order valence-electron chi connectivity index (χ1n) is 5.04. The SMILES string of the molecule is Cc1nsc(NCc2cn3c(n2)SCC3)n1. The number of nitrogens with zero attached hydrogens (tertiary/aromatic N) is 4. The van der Waals surface area contributed by atoms with Crippen LogP contribution in [0, 0.1) is 6.92 Å². The molecule has 1 aliphatic heterocycles. The normalized spacial score (nSPS) is 14.1. The molecule has 1 N–H and O–H groups in total. The highest BCUT2D eigenvalue weighted by atomic mass is 32.2. The number of imidazole rings is 1. The average molecular weight is 253 g/mol. The van der Waals surface area contributed by atoms with Gasteiger partial charge in [-0.15, -0.1) is 0 Å². The van der Waals surface area contributed by atoms with Gasteiger partial charge in [0.25, 0.3) is 0 Å². The minimum absolute atomic E-state index is 0.717. The highest BCUT2D eigenvalue weighted by Crippen LogP contribution is 2.24. The van der Waals surface area contributed by atoms with Gasteiger partial charge in [-0.3, -0.25) is 0 Å². The van der Waals surface area contributed by atoms with Crippen LogP contribution < -0.4 is 5.32 Å². The Kier molecular flexibility index (Phi) is 2.56. The van der Waals surface area contributed by atoms with Crippen LogP contribution in [0.25, 0.3) is 0 Å². The summed E-state index contributed by atoms with van der Waals surface area (Å²) in [6.45, 7) is 3.68. The molecule has 0 radical (unpaired) electrons. The maximum Gasteiger partial charge on any atom is 0.202 e. The van der Waals surface area contributed by atoms with Crippen LogP contribution in [0.2, 0.25) is 0 Å². The molecule has 0 fully saturated rings. The molecule has 0 aliphatic carbocycles. The zero-order valence-corrected chi connectivity index (χ0v) is 10.4. The van der Waals surface area contributed by atoms with Crippen molar-refractivity contribution in [1.29, 1.82) is 0 Å². The highest BCUT2D eigenvalue weighted by Gasteiger charge is 2.14. The maximum absolute atomic E-state index is 4.53. The third-order valence-electron chi connectivity index (χ3n) is 2.30. The van der Waals surface area contributed by atoms with Gasteiger partial charge in [-0.05, 0) is 6.92 Å².